The summed E-state index contributed by atoms with van der Waals surface area (Å²) in [4.78, 5) is 4.67. The Kier molecular flexibility index (Phi) is 7.76. The lowest BCUT2D eigenvalue weighted by Gasteiger charge is -2.51. The molecule has 7 aromatic rings. The van der Waals surface area contributed by atoms with E-state index in [9.17, 15) is 0 Å². The molecule has 2 aliphatic heterocycles. The molecule has 52 heavy (non-hydrogen) atoms. The number of halogens is 1. The van der Waals surface area contributed by atoms with E-state index < -0.39 is 5.41 Å². The summed E-state index contributed by atoms with van der Waals surface area (Å²) in [6.07, 6.45) is 4.13. The largest absolute Gasteiger partial charge is 0.310 e. The van der Waals surface area contributed by atoms with E-state index in [-0.39, 0.29) is 0 Å². The van der Waals surface area contributed by atoms with E-state index >= 15 is 0 Å². The van der Waals surface area contributed by atoms with Crippen LogP contribution in [0.15, 0.2) is 207 Å². The quantitative estimate of drug-likeness (QED) is 0.161. The van der Waals surface area contributed by atoms with Crippen LogP contribution in [0.25, 0.3) is 16.7 Å². The molecule has 0 aromatic heterocycles. The molecule has 0 bridgehead atoms. The Morgan fingerprint density at radius 2 is 0.981 bits per heavy atom. The average molecular weight is 687 g/mol. The van der Waals surface area contributed by atoms with Gasteiger partial charge >= 0.3 is 0 Å². The molecule has 248 valence electrons. The number of para-hydroxylation sites is 3. The molecule has 9 rings (SSSR count). The van der Waals surface area contributed by atoms with E-state index in [2.05, 4.69) is 187 Å². The molecule has 0 amide bonds. The van der Waals surface area contributed by atoms with Crippen LogP contribution in [-0.2, 0) is 5.41 Å². The van der Waals surface area contributed by atoms with Crippen LogP contribution in [-0.4, -0.2) is 0 Å². The van der Waals surface area contributed by atoms with E-state index in [1.165, 1.54) is 27.8 Å². The molecule has 0 fully saturated rings. The van der Waals surface area contributed by atoms with Crippen LogP contribution >= 0.6 is 11.6 Å². The molecule has 0 saturated heterocycles. The molecule has 2 aliphatic rings. The van der Waals surface area contributed by atoms with Gasteiger partial charge in [0, 0.05) is 16.4 Å². The van der Waals surface area contributed by atoms with Crippen molar-refractivity contribution in [1.82, 2.24) is 0 Å². The highest BCUT2D eigenvalue weighted by molar-refractivity contribution is 6.30. The summed E-state index contributed by atoms with van der Waals surface area (Å²) in [5.74, 6) is 0. The maximum absolute atomic E-state index is 6.98. The van der Waals surface area contributed by atoms with Crippen LogP contribution in [0.3, 0.4) is 0 Å². The van der Waals surface area contributed by atoms with Crippen LogP contribution in [0.5, 0.6) is 0 Å². The Bertz CT molecular complexity index is 2470. The summed E-state index contributed by atoms with van der Waals surface area (Å²) < 4.78 is 0. The van der Waals surface area contributed by atoms with E-state index in [4.69, 9.17) is 11.6 Å². The highest BCUT2D eigenvalue weighted by atomic mass is 35.5. The number of hydrogen-bond donors (Lipinski definition) is 0. The van der Waals surface area contributed by atoms with Crippen molar-refractivity contribution in [2.24, 2.45) is 0 Å². The van der Waals surface area contributed by atoms with E-state index in [1.807, 2.05) is 24.3 Å². The van der Waals surface area contributed by atoms with Crippen LogP contribution in [0.1, 0.15) is 27.8 Å². The maximum Gasteiger partial charge on any atom is 0.0783 e. The zero-order chi connectivity index (χ0) is 35.2. The van der Waals surface area contributed by atoms with Gasteiger partial charge < -0.3 is 9.80 Å². The summed E-state index contributed by atoms with van der Waals surface area (Å²) >= 11 is 6.98. The van der Waals surface area contributed by atoms with Crippen molar-refractivity contribution in [1.29, 1.82) is 0 Å². The first-order valence-corrected chi connectivity index (χ1v) is 17.9. The number of anilines is 5. The van der Waals surface area contributed by atoms with Crippen LogP contribution < -0.4 is 9.80 Å². The smallest absolute Gasteiger partial charge is 0.0783 e. The number of nitrogens with zero attached hydrogens (tertiary/aromatic N) is 2. The Hall–Kier alpha value is -6.35. The highest BCUT2D eigenvalue weighted by Crippen LogP contribution is 2.63. The molecule has 0 atom stereocenters. The first-order chi connectivity index (χ1) is 25.6. The van der Waals surface area contributed by atoms with Gasteiger partial charge in [-0.2, -0.15) is 0 Å². The Balaban J connectivity index is 1.25. The number of benzene rings is 7. The molecular formula is C49H35ClN2. The first kappa shape index (κ1) is 31.6. The fourth-order valence-electron chi connectivity index (χ4n) is 8.13. The first-order valence-electron chi connectivity index (χ1n) is 17.5. The van der Waals surface area contributed by atoms with E-state index in [0.717, 1.165) is 50.8 Å². The van der Waals surface area contributed by atoms with Crippen molar-refractivity contribution in [2.75, 3.05) is 9.80 Å². The summed E-state index contributed by atoms with van der Waals surface area (Å²) in [6, 6.07) is 62.3. The second-order valence-electron chi connectivity index (χ2n) is 13.3. The van der Waals surface area contributed by atoms with Crippen molar-refractivity contribution in [3.05, 3.63) is 240 Å². The van der Waals surface area contributed by atoms with Gasteiger partial charge in [0.1, 0.15) is 0 Å². The minimum absolute atomic E-state index is 0.668. The van der Waals surface area contributed by atoms with Crippen LogP contribution in [0, 0.1) is 0 Å². The second kappa shape index (κ2) is 12.8. The lowest BCUT2D eigenvalue weighted by atomic mass is 9.60. The molecule has 0 radical (unpaired) electrons. The number of allylic oxidation sites excluding steroid dienone is 3. The van der Waals surface area contributed by atoms with Gasteiger partial charge in [-0.15, -0.1) is 0 Å². The average Bonchev–Trinajstić information content (AvgIpc) is 3.20. The summed E-state index contributed by atoms with van der Waals surface area (Å²) in [7, 11) is 0. The summed E-state index contributed by atoms with van der Waals surface area (Å²) in [5, 5.41) is 0.695. The summed E-state index contributed by atoms with van der Waals surface area (Å²) in [5.41, 5.74) is 14.7. The van der Waals surface area contributed by atoms with Gasteiger partial charge in [0.25, 0.3) is 0 Å². The van der Waals surface area contributed by atoms with Gasteiger partial charge in [-0.05, 0) is 99.1 Å². The summed E-state index contributed by atoms with van der Waals surface area (Å²) in [6.45, 7) is 8.97. The lowest BCUT2D eigenvalue weighted by molar-refractivity contribution is 0.716. The highest BCUT2D eigenvalue weighted by Gasteiger charge is 2.51. The van der Waals surface area contributed by atoms with Gasteiger partial charge in [0.15, 0.2) is 0 Å². The predicted molar refractivity (Wildman–Crippen MR) is 219 cm³/mol. The van der Waals surface area contributed by atoms with Gasteiger partial charge in [-0.3, -0.25) is 0 Å². The monoisotopic (exact) mass is 686 g/mol. The van der Waals surface area contributed by atoms with Gasteiger partial charge in [-0.25, -0.2) is 0 Å². The fraction of sp³-hybridized carbons (Fsp3) is 0.0204. The normalized spacial score (nSPS) is 13.6. The lowest BCUT2D eigenvalue weighted by Crippen LogP contribution is -2.42. The van der Waals surface area contributed by atoms with Crippen molar-refractivity contribution in [3.8, 4) is 11.1 Å². The Morgan fingerprint density at radius 3 is 1.62 bits per heavy atom. The fourth-order valence-corrected chi connectivity index (χ4v) is 8.30. The molecule has 1 spiro atoms. The van der Waals surface area contributed by atoms with Gasteiger partial charge in [-0.1, -0.05) is 158 Å². The Morgan fingerprint density at radius 1 is 0.481 bits per heavy atom. The van der Waals surface area contributed by atoms with Crippen molar-refractivity contribution in [3.63, 3.8) is 0 Å². The maximum atomic E-state index is 6.98. The second-order valence-corrected chi connectivity index (χ2v) is 13.7. The van der Waals surface area contributed by atoms with Crippen molar-refractivity contribution < 1.29 is 0 Å². The zero-order valence-corrected chi connectivity index (χ0v) is 29.3. The number of hydrogen-bond acceptors (Lipinski definition) is 2. The van der Waals surface area contributed by atoms with Crippen LogP contribution in [0.2, 0.25) is 5.02 Å². The molecule has 0 unspecified atom stereocenters. The number of fused-ring (bicyclic) bond motifs is 8. The molecule has 2 nitrogen and oxygen atoms in total. The zero-order valence-electron chi connectivity index (χ0n) is 28.6. The minimum atomic E-state index is -0.668. The minimum Gasteiger partial charge on any atom is -0.310 e. The van der Waals surface area contributed by atoms with Crippen LogP contribution in [0.4, 0.5) is 28.4 Å². The van der Waals surface area contributed by atoms with E-state index in [0.29, 0.717) is 5.02 Å². The van der Waals surface area contributed by atoms with Gasteiger partial charge in [0.2, 0.25) is 0 Å². The molecule has 0 N–H and O–H groups in total. The van der Waals surface area contributed by atoms with Gasteiger partial charge in [0.05, 0.1) is 28.2 Å². The predicted octanol–water partition coefficient (Wildman–Crippen LogP) is 13.4. The molecule has 0 aliphatic carbocycles. The third-order valence-corrected chi connectivity index (χ3v) is 10.6. The number of rotatable bonds is 6. The third kappa shape index (κ3) is 4.95. The SMILES string of the molecule is C=C(/C=C\C(=C)N1c2ccccc2C2(c3ccccc31)c1ccccc1N(c1ccc(-c3ccccc3)cc1)c1ccc(Cl)cc12)c1ccccc1. The molecular weight excluding hydrogens is 652 g/mol. The van der Waals surface area contributed by atoms with Crippen molar-refractivity contribution in [2.45, 2.75) is 5.41 Å². The Labute approximate surface area is 310 Å². The molecule has 0 saturated carbocycles. The standard InChI is InChI=1S/C49H35ClN2/c1-34(36-15-5-3-6-16-36)25-26-35(2)51-45-22-12-9-19-41(45)49(42-20-10-13-23-46(42)51)43-21-11-14-24-47(43)52(48-32-29-39(50)33-44(48)49)40-30-27-38(28-31-40)37-17-7-4-8-18-37/h3-33H,1-2H2/b26-25-. The molecule has 3 heteroatoms. The van der Waals surface area contributed by atoms with Crippen molar-refractivity contribution >= 4 is 45.6 Å². The molecule has 7 aromatic carbocycles. The van der Waals surface area contributed by atoms with E-state index in [1.54, 1.807) is 0 Å². The molecule has 2 heterocycles. The third-order valence-electron chi connectivity index (χ3n) is 10.4. The topological polar surface area (TPSA) is 6.48 Å².